The molecule has 0 saturated carbocycles. The van der Waals surface area contributed by atoms with Crippen molar-refractivity contribution in [2.24, 2.45) is 5.73 Å². The highest BCUT2D eigenvalue weighted by Gasteiger charge is 2.11. The lowest BCUT2D eigenvalue weighted by Crippen LogP contribution is -2.11. The van der Waals surface area contributed by atoms with E-state index in [4.69, 9.17) is 10.8 Å². The van der Waals surface area contributed by atoms with Gasteiger partial charge in [0.2, 0.25) is 0 Å². The highest BCUT2D eigenvalue weighted by atomic mass is 16.4. The van der Waals surface area contributed by atoms with Gasteiger partial charge in [-0.1, -0.05) is 18.2 Å². The molecule has 1 aromatic heterocycles. The van der Waals surface area contributed by atoms with Gasteiger partial charge in [-0.15, -0.1) is 0 Å². The maximum atomic E-state index is 10.5. The van der Waals surface area contributed by atoms with Crippen molar-refractivity contribution < 1.29 is 9.90 Å². The van der Waals surface area contributed by atoms with E-state index < -0.39 is 5.97 Å². The molecule has 1 heterocycles. The first-order valence-corrected chi connectivity index (χ1v) is 5.74. The zero-order valence-corrected chi connectivity index (χ0v) is 9.86. The number of hydrogen-bond donors (Lipinski definition) is 2. The molecule has 3 N–H and O–H groups in total. The van der Waals surface area contributed by atoms with Crippen molar-refractivity contribution in [1.82, 2.24) is 9.78 Å². The summed E-state index contributed by atoms with van der Waals surface area (Å²) in [6.07, 6.45) is 3.99. The van der Waals surface area contributed by atoms with E-state index in [-0.39, 0.29) is 12.5 Å². The molecular weight excluding hydrogens is 230 g/mol. The number of carboxylic acids is 1. The first-order chi connectivity index (χ1) is 8.66. The Morgan fingerprint density at radius 1 is 1.39 bits per heavy atom. The second kappa shape index (κ2) is 5.46. The van der Waals surface area contributed by atoms with Crippen LogP contribution in [0.5, 0.6) is 0 Å². The number of para-hydroxylation sites is 1. The van der Waals surface area contributed by atoms with E-state index in [1.807, 2.05) is 36.5 Å². The molecule has 0 saturated heterocycles. The predicted octanol–water partition coefficient (Wildman–Crippen LogP) is 1.74. The molecule has 1 aromatic carbocycles. The molecule has 0 amide bonds. The van der Waals surface area contributed by atoms with Gasteiger partial charge in [0.25, 0.3) is 0 Å². The summed E-state index contributed by atoms with van der Waals surface area (Å²) in [4.78, 5) is 10.5. The lowest BCUT2D eigenvalue weighted by Gasteiger charge is -2.06. The fourth-order valence-electron chi connectivity index (χ4n) is 1.70. The van der Waals surface area contributed by atoms with E-state index in [1.54, 1.807) is 10.9 Å². The molecule has 0 aliphatic heterocycles. The van der Waals surface area contributed by atoms with Crippen LogP contribution in [0.2, 0.25) is 0 Å². The van der Waals surface area contributed by atoms with Crippen LogP contribution in [0.1, 0.15) is 24.4 Å². The largest absolute Gasteiger partial charge is 0.481 e. The summed E-state index contributed by atoms with van der Waals surface area (Å²) in [5.41, 5.74) is 7.72. The highest BCUT2D eigenvalue weighted by Crippen LogP contribution is 2.16. The number of carbonyl (C=O) groups is 1. The van der Waals surface area contributed by atoms with Crippen LogP contribution >= 0.6 is 0 Å². The Morgan fingerprint density at radius 3 is 2.78 bits per heavy atom. The summed E-state index contributed by atoms with van der Waals surface area (Å²) in [5.74, 6) is -0.832. The van der Waals surface area contributed by atoms with Gasteiger partial charge < -0.3 is 10.8 Å². The molecule has 0 radical (unpaired) electrons. The van der Waals surface area contributed by atoms with Gasteiger partial charge in [-0.25, -0.2) is 4.68 Å². The van der Waals surface area contributed by atoms with E-state index in [0.29, 0.717) is 6.42 Å². The third-order valence-electron chi connectivity index (χ3n) is 2.72. The number of benzene rings is 1. The van der Waals surface area contributed by atoms with Gasteiger partial charge >= 0.3 is 5.97 Å². The van der Waals surface area contributed by atoms with Crippen molar-refractivity contribution in [2.75, 3.05) is 0 Å². The standard InChI is InChI=1S/C13H15N3O2/c14-12(6-7-13(17)18)10-8-15-16(9-10)11-4-2-1-3-5-11/h1-5,8-9,12H,6-7,14H2,(H,17,18). The third-order valence-corrected chi connectivity index (χ3v) is 2.72. The number of hydrogen-bond acceptors (Lipinski definition) is 3. The van der Waals surface area contributed by atoms with E-state index in [2.05, 4.69) is 5.10 Å². The summed E-state index contributed by atoms with van der Waals surface area (Å²) in [6.45, 7) is 0. The number of rotatable bonds is 5. The van der Waals surface area contributed by atoms with Gasteiger partial charge in [0, 0.05) is 24.2 Å². The Bertz CT molecular complexity index is 522. The molecule has 18 heavy (non-hydrogen) atoms. The molecule has 5 heteroatoms. The molecule has 2 aromatic rings. The fraction of sp³-hybridized carbons (Fsp3) is 0.231. The Hall–Kier alpha value is -2.14. The zero-order valence-electron chi connectivity index (χ0n) is 9.86. The molecule has 0 bridgehead atoms. The summed E-state index contributed by atoms with van der Waals surface area (Å²) < 4.78 is 1.73. The molecule has 0 aliphatic carbocycles. The Balaban J connectivity index is 2.08. The van der Waals surface area contributed by atoms with Crippen LogP contribution < -0.4 is 5.73 Å². The lowest BCUT2D eigenvalue weighted by molar-refractivity contribution is -0.137. The predicted molar refractivity (Wildman–Crippen MR) is 67.4 cm³/mol. The Labute approximate surface area is 105 Å². The normalized spacial score (nSPS) is 12.3. The number of nitrogens with two attached hydrogens (primary N) is 1. The SMILES string of the molecule is NC(CCC(=O)O)c1cnn(-c2ccccc2)c1. The van der Waals surface area contributed by atoms with Crippen LogP contribution in [0.4, 0.5) is 0 Å². The van der Waals surface area contributed by atoms with Crippen molar-refractivity contribution in [2.45, 2.75) is 18.9 Å². The van der Waals surface area contributed by atoms with Crippen molar-refractivity contribution in [3.63, 3.8) is 0 Å². The lowest BCUT2D eigenvalue weighted by atomic mass is 10.1. The van der Waals surface area contributed by atoms with Gasteiger partial charge in [0.1, 0.15) is 0 Å². The molecule has 5 nitrogen and oxygen atoms in total. The molecule has 0 aliphatic rings. The van der Waals surface area contributed by atoms with E-state index in [1.165, 1.54) is 0 Å². The second-order valence-electron chi connectivity index (χ2n) is 4.09. The topological polar surface area (TPSA) is 81.1 Å². The van der Waals surface area contributed by atoms with Gasteiger partial charge in [0.15, 0.2) is 0 Å². The smallest absolute Gasteiger partial charge is 0.303 e. The quantitative estimate of drug-likeness (QED) is 0.840. The number of nitrogens with zero attached hydrogens (tertiary/aromatic N) is 2. The molecule has 0 fully saturated rings. The third kappa shape index (κ3) is 2.95. The van der Waals surface area contributed by atoms with Gasteiger partial charge in [-0.3, -0.25) is 4.79 Å². The van der Waals surface area contributed by atoms with Crippen LogP contribution in [-0.2, 0) is 4.79 Å². The van der Waals surface area contributed by atoms with Crippen molar-refractivity contribution >= 4 is 5.97 Å². The molecule has 0 spiro atoms. The highest BCUT2D eigenvalue weighted by molar-refractivity contribution is 5.66. The maximum Gasteiger partial charge on any atom is 0.303 e. The van der Waals surface area contributed by atoms with Crippen molar-refractivity contribution in [1.29, 1.82) is 0 Å². The van der Waals surface area contributed by atoms with Crippen LogP contribution in [0.25, 0.3) is 5.69 Å². The summed E-state index contributed by atoms with van der Waals surface area (Å²) in [5, 5.41) is 12.8. The number of aromatic nitrogens is 2. The van der Waals surface area contributed by atoms with Gasteiger partial charge in [-0.2, -0.15) is 5.10 Å². The monoisotopic (exact) mass is 245 g/mol. The van der Waals surface area contributed by atoms with Crippen molar-refractivity contribution in [3.05, 3.63) is 48.3 Å². The minimum Gasteiger partial charge on any atom is -0.481 e. The first kappa shape index (κ1) is 12.3. The van der Waals surface area contributed by atoms with E-state index in [0.717, 1.165) is 11.3 Å². The van der Waals surface area contributed by atoms with Crippen LogP contribution in [0.15, 0.2) is 42.7 Å². The Morgan fingerprint density at radius 2 is 2.11 bits per heavy atom. The summed E-state index contributed by atoms with van der Waals surface area (Å²) in [7, 11) is 0. The first-order valence-electron chi connectivity index (χ1n) is 5.74. The van der Waals surface area contributed by atoms with Gasteiger partial charge in [-0.05, 0) is 18.6 Å². The fourth-order valence-corrected chi connectivity index (χ4v) is 1.70. The Kier molecular flexibility index (Phi) is 3.74. The maximum absolute atomic E-state index is 10.5. The zero-order chi connectivity index (χ0) is 13.0. The number of carboxylic acid groups (broad SMARTS) is 1. The minimum absolute atomic E-state index is 0.0671. The number of aliphatic carboxylic acids is 1. The van der Waals surface area contributed by atoms with Crippen LogP contribution in [0.3, 0.4) is 0 Å². The van der Waals surface area contributed by atoms with Crippen LogP contribution in [-0.4, -0.2) is 20.9 Å². The second-order valence-corrected chi connectivity index (χ2v) is 4.09. The average Bonchev–Trinajstić information content (AvgIpc) is 2.86. The molecule has 1 atom stereocenters. The van der Waals surface area contributed by atoms with Crippen LogP contribution in [0, 0.1) is 0 Å². The molecule has 1 unspecified atom stereocenters. The van der Waals surface area contributed by atoms with Gasteiger partial charge in [0.05, 0.1) is 11.9 Å². The van der Waals surface area contributed by atoms with E-state index >= 15 is 0 Å². The molecule has 2 rings (SSSR count). The molecular formula is C13H15N3O2. The van der Waals surface area contributed by atoms with Crippen molar-refractivity contribution in [3.8, 4) is 5.69 Å². The average molecular weight is 245 g/mol. The van der Waals surface area contributed by atoms with E-state index in [9.17, 15) is 4.79 Å². The molecule has 94 valence electrons. The summed E-state index contributed by atoms with van der Waals surface area (Å²) in [6, 6.07) is 9.40. The summed E-state index contributed by atoms with van der Waals surface area (Å²) >= 11 is 0. The minimum atomic E-state index is -0.832.